The van der Waals surface area contributed by atoms with Crippen LogP contribution in [0.3, 0.4) is 0 Å². The molecule has 0 fully saturated rings. The van der Waals surface area contributed by atoms with Crippen molar-refractivity contribution < 1.29 is 20.1 Å². The summed E-state index contributed by atoms with van der Waals surface area (Å²) < 4.78 is 0. The van der Waals surface area contributed by atoms with Crippen molar-refractivity contribution in [3.05, 3.63) is 35.4 Å². The highest BCUT2D eigenvalue weighted by Crippen LogP contribution is 2.21. The Hall–Kier alpha value is -2.22. The van der Waals surface area contributed by atoms with Gasteiger partial charge in [-0.1, -0.05) is 12.1 Å². The van der Waals surface area contributed by atoms with Crippen LogP contribution in [0, 0.1) is 0 Å². The van der Waals surface area contributed by atoms with Crippen molar-refractivity contribution in [2.75, 3.05) is 44.4 Å². The second kappa shape index (κ2) is 9.31. The topological polar surface area (TPSA) is 96.6 Å². The third-order valence-corrected chi connectivity index (χ3v) is 3.96. The van der Waals surface area contributed by atoms with Crippen LogP contribution < -0.4 is 4.90 Å². The zero-order chi connectivity index (χ0) is 18.2. The van der Waals surface area contributed by atoms with Gasteiger partial charge in [-0.3, -0.25) is 4.79 Å². The molecule has 3 N–H and O–H groups in total. The van der Waals surface area contributed by atoms with E-state index in [-0.39, 0.29) is 25.7 Å². The molecule has 25 heavy (non-hydrogen) atoms. The number of carbonyl (C=O) groups excluding carboxylic acids is 1. The lowest BCUT2D eigenvalue weighted by Gasteiger charge is -2.22. The highest BCUT2D eigenvalue weighted by molar-refractivity contribution is 6.26. The second-order valence-electron chi connectivity index (χ2n) is 5.77. The average molecular weight is 347 g/mol. The van der Waals surface area contributed by atoms with Crippen LogP contribution in [0.15, 0.2) is 34.9 Å². The van der Waals surface area contributed by atoms with E-state index in [2.05, 4.69) is 5.10 Å². The van der Waals surface area contributed by atoms with Crippen LogP contribution in [0.1, 0.15) is 18.9 Å². The third kappa shape index (κ3) is 4.88. The molecule has 0 bridgehead atoms. The molecule has 0 saturated carbocycles. The lowest BCUT2D eigenvalue weighted by atomic mass is 10.1. The zero-order valence-electron chi connectivity index (χ0n) is 14.4. The second-order valence-corrected chi connectivity index (χ2v) is 5.77. The molecule has 1 heterocycles. The van der Waals surface area contributed by atoms with Gasteiger partial charge in [0.2, 0.25) is 0 Å². The van der Waals surface area contributed by atoms with Crippen LogP contribution in [0.25, 0.3) is 6.08 Å². The van der Waals surface area contributed by atoms with Crippen LogP contribution in [0.2, 0.25) is 0 Å². The molecule has 2 rings (SSSR count). The molecule has 7 heteroatoms. The van der Waals surface area contributed by atoms with Crippen molar-refractivity contribution in [2.45, 2.75) is 13.3 Å². The maximum Gasteiger partial charge on any atom is 0.275 e. The van der Waals surface area contributed by atoms with E-state index in [9.17, 15) is 4.79 Å². The van der Waals surface area contributed by atoms with Crippen molar-refractivity contribution in [3.63, 3.8) is 0 Å². The van der Waals surface area contributed by atoms with Crippen molar-refractivity contribution in [1.82, 2.24) is 5.01 Å². The first-order chi connectivity index (χ1) is 12.1. The highest BCUT2D eigenvalue weighted by atomic mass is 16.3. The van der Waals surface area contributed by atoms with Crippen molar-refractivity contribution >= 4 is 23.4 Å². The van der Waals surface area contributed by atoms with Gasteiger partial charge in [0, 0.05) is 31.9 Å². The third-order valence-electron chi connectivity index (χ3n) is 3.96. The number of aliphatic hydroxyl groups is 3. The molecule has 0 unspecified atom stereocenters. The molecule has 1 aromatic rings. The summed E-state index contributed by atoms with van der Waals surface area (Å²) in [6.07, 6.45) is 2.29. The van der Waals surface area contributed by atoms with E-state index < -0.39 is 0 Å². The maximum atomic E-state index is 12.4. The fourth-order valence-electron chi connectivity index (χ4n) is 2.67. The number of anilines is 1. The summed E-state index contributed by atoms with van der Waals surface area (Å²) in [6.45, 7) is 3.15. The van der Waals surface area contributed by atoms with Gasteiger partial charge in [-0.2, -0.15) is 5.10 Å². The first kappa shape index (κ1) is 19.1. The van der Waals surface area contributed by atoms with Gasteiger partial charge in [0.15, 0.2) is 0 Å². The van der Waals surface area contributed by atoms with Crippen molar-refractivity contribution in [3.8, 4) is 0 Å². The van der Waals surface area contributed by atoms with Gasteiger partial charge in [0.05, 0.1) is 24.5 Å². The lowest BCUT2D eigenvalue weighted by molar-refractivity contribution is -0.125. The lowest BCUT2D eigenvalue weighted by Crippen LogP contribution is -2.29. The van der Waals surface area contributed by atoms with Crippen LogP contribution in [-0.2, 0) is 4.79 Å². The van der Waals surface area contributed by atoms with Crippen LogP contribution in [0.4, 0.5) is 5.69 Å². The quantitative estimate of drug-likeness (QED) is 0.564. The largest absolute Gasteiger partial charge is 0.396 e. The molecule has 7 nitrogen and oxygen atoms in total. The number of benzene rings is 1. The molecule has 0 radical (unpaired) electrons. The predicted molar refractivity (Wildman–Crippen MR) is 97.3 cm³/mol. The van der Waals surface area contributed by atoms with Crippen molar-refractivity contribution in [2.24, 2.45) is 5.10 Å². The van der Waals surface area contributed by atoms with E-state index in [1.807, 2.05) is 29.2 Å². The number of rotatable bonds is 9. The number of nitrogens with zero attached hydrogens (tertiary/aromatic N) is 3. The van der Waals surface area contributed by atoms with Gasteiger partial charge in [0.25, 0.3) is 5.91 Å². The first-order valence-electron chi connectivity index (χ1n) is 8.37. The van der Waals surface area contributed by atoms with E-state index in [1.54, 1.807) is 13.0 Å². The molecule has 0 saturated heterocycles. The monoisotopic (exact) mass is 347 g/mol. The molecule has 1 amide bonds. The summed E-state index contributed by atoms with van der Waals surface area (Å²) in [5.41, 5.74) is 2.99. The standard InChI is InChI=1S/C18H25N3O4/c1-14-17(18(25)21(19-14)7-2-10-22)13-15-3-5-16(6-4-15)20(8-11-23)9-12-24/h3-6,13,22-24H,2,7-12H2,1H3/b17-13-. The summed E-state index contributed by atoms with van der Waals surface area (Å²) in [5.74, 6) is -0.155. The number of hydrogen-bond acceptors (Lipinski definition) is 6. The number of hydrazone groups is 1. The van der Waals surface area contributed by atoms with Crippen LogP contribution >= 0.6 is 0 Å². The molecule has 0 atom stereocenters. The molecule has 0 aliphatic carbocycles. The molecule has 136 valence electrons. The number of carbonyl (C=O) groups is 1. The maximum absolute atomic E-state index is 12.4. The van der Waals surface area contributed by atoms with Gasteiger partial charge in [-0.05, 0) is 37.1 Å². The Morgan fingerprint density at radius 1 is 1.08 bits per heavy atom. The number of hydrogen-bond donors (Lipinski definition) is 3. The van der Waals surface area contributed by atoms with Gasteiger partial charge >= 0.3 is 0 Å². The Morgan fingerprint density at radius 2 is 1.72 bits per heavy atom. The Bertz CT molecular complexity index is 634. The average Bonchev–Trinajstić information content (AvgIpc) is 2.88. The minimum Gasteiger partial charge on any atom is -0.396 e. The van der Waals surface area contributed by atoms with Gasteiger partial charge in [-0.15, -0.1) is 0 Å². The van der Waals surface area contributed by atoms with Gasteiger partial charge in [-0.25, -0.2) is 5.01 Å². The summed E-state index contributed by atoms with van der Waals surface area (Å²) in [6, 6.07) is 7.57. The molecule has 1 aliphatic heterocycles. The van der Waals surface area contributed by atoms with E-state index >= 15 is 0 Å². The molecular weight excluding hydrogens is 322 g/mol. The van der Waals surface area contributed by atoms with Crippen LogP contribution in [0.5, 0.6) is 0 Å². The molecule has 1 aromatic carbocycles. The van der Waals surface area contributed by atoms with Crippen molar-refractivity contribution in [1.29, 1.82) is 0 Å². The van der Waals surface area contributed by atoms with E-state index in [0.29, 0.717) is 37.3 Å². The summed E-state index contributed by atoms with van der Waals surface area (Å²) >= 11 is 0. The minimum absolute atomic E-state index is 0.0135. The van der Waals surface area contributed by atoms with Gasteiger partial charge < -0.3 is 20.2 Å². The minimum atomic E-state index is -0.155. The fourth-order valence-corrected chi connectivity index (χ4v) is 2.67. The highest BCUT2D eigenvalue weighted by Gasteiger charge is 2.26. The molecule has 0 aromatic heterocycles. The fraction of sp³-hybridized carbons (Fsp3) is 0.444. The number of aliphatic hydroxyl groups excluding tert-OH is 3. The molecule has 0 spiro atoms. The van der Waals surface area contributed by atoms with E-state index in [1.165, 1.54) is 5.01 Å². The van der Waals surface area contributed by atoms with Gasteiger partial charge in [0.1, 0.15) is 0 Å². The van der Waals surface area contributed by atoms with E-state index in [0.717, 1.165) is 11.3 Å². The Kier molecular flexibility index (Phi) is 7.12. The summed E-state index contributed by atoms with van der Waals surface area (Å²) in [7, 11) is 0. The van der Waals surface area contributed by atoms with E-state index in [4.69, 9.17) is 15.3 Å². The zero-order valence-corrected chi connectivity index (χ0v) is 14.4. The molecule has 1 aliphatic rings. The molecular formula is C18H25N3O4. The summed E-state index contributed by atoms with van der Waals surface area (Å²) in [4.78, 5) is 14.3. The predicted octanol–water partition coefficient (Wildman–Crippen LogP) is 0.461. The Balaban J connectivity index is 2.13. The SMILES string of the molecule is CC1=NN(CCCO)C(=O)/C1=C\c1ccc(N(CCO)CCO)cc1. The normalized spacial score (nSPS) is 15.8. The Labute approximate surface area is 147 Å². The van der Waals surface area contributed by atoms with Crippen LogP contribution in [-0.4, -0.2) is 71.4 Å². The Morgan fingerprint density at radius 3 is 2.28 bits per heavy atom. The summed E-state index contributed by atoms with van der Waals surface area (Å²) in [5, 5.41) is 32.7. The smallest absolute Gasteiger partial charge is 0.275 e. The number of amides is 1. The first-order valence-corrected chi connectivity index (χ1v) is 8.37.